The minimum absolute atomic E-state index is 0.0157. The molecule has 11 heteroatoms. The van der Waals surface area contributed by atoms with Crippen molar-refractivity contribution in [3.63, 3.8) is 0 Å². The maximum atomic E-state index is 12.1. The van der Waals surface area contributed by atoms with Crippen LogP contribution in [-0.4, -0.2) is 36.6 Å². The van der Waals surface area contributed by atoms with E-state index < -0.39 is 16.0 Å². The van der Waals surface area contributed by atoms with E-state index in [1.165, 1.54) is 0 Å². The van der Waals surface area contributed by atoms with Gasteiger partial charge in [0.25, 0.3) is 9.70 Å². The highest BCUT2D eigenvalue weighted by molar-refractivity contribution is 7.99. The molecule has 0 radical (unpaired) electrons. The molecular weight excluding hydrogens is 629 g/mol. The van der Waals surface area contributed by atoms with Crippen molar-refractivity contribution >= 4 is 52.5 Å². The van der Waals surface area contributed by atoms with Crippen LogP contribution in [0.3, 0.4) is 0 Å². The van der Waals surface area contributed by atoms with Crippen molar-refractivity contribution in [3.8, 4) is 11.1 Å². The largest absolute Gasteiger partial charge is 0.392 e. The second kappa shape index (κ2) is 14.4. The molecule has 1 fully saturated rings. The van der Waals surface area contributed by atoms with Crippen LogP contribution in [0, 0.1) is 5.92 Å². The molecule has 4 aromatic rings. The molecule has 7 nitrogen and oxygen atoms in total. The first-order valence-electron chi connectivity index (χ1n) is 13.7. The van der Waals surface area contributed by atoms with Gasteiger partial charge in [-0.25, -0.2) is 9.97 Å². The van der Waals surface area contributed by atoms with Gasteiger partial charge in [-0.3, -0.25) is 4.79 Å². The zero-order valence-electron chi connectivity index (χ0n) is 23.2. The average molecular weight is 659 g/mol. The Bertz CT molecular complexity index is 1510. The molecule has 4 unspecified atom stereocenters. The Morgan fingerprint density at radius 3 is 2.28 bits per heavy atom. The average Bonchev–Trinajstić information content (AvgIpc) is 3.03. The molecule has 224 valence electrons. The SMILES string of the molecule is CC1C(CSc2ncccn2)OC(c2ccc(-c3ccccc3CNC(=O)C(Cl)(Cl)Cl)cc2)OC1c1ccc(CO)cc1. The van der Waals surface area contributed by atoms with Crippen molar-refractivity contribution in [3.05, 3.63) is 114 Å². The summed E-state index contributed by atoms with van der Waals surface area (Å²) in [7, 11) is 0. The van der Waals surface area contributed by atoms with Crippen LogP contribution in [0.15, 0.2) is 96.4 Å². The third-order valence-electron chi connectivity index (χ3n) is 7.25. The van der Waals surface area contributed by atoms with Crippen LogP contribution < -0.4 is 5.32 Å². The molecule has 0 bridgehead atoms. The van der Waals surface area contributed by atoms with Gasteiger partial charge in [-0.15, -0.1) is 0 Å². The first kappa shape index (κ1) is 31.7. The predicted octanol–water partition coefficient (Wildman–Crippen LogP) is 7.21. The Morgan fingerprint density at radius 2 is 1.60 bits per heavy atom. The smallest absolute Gasteiger partial charge is 0.272 e. The van der Waals surface area contributed by atoms with Crippen molar-refractivity contribution in [1.29, 1.82) is 0 Å². The molecule has 1 aliphatic heterocycles. The number of hydrogen-bond donors (Lipinski definition) is 2. The molecule has 1 aliphatic rings. The number of rotatable bonds is 9. The minimum Gasteiger partial charge on any atom is -0.392 e. The van der Waals surface area contributed by atoms with Crippen molar-refractivity contribution in [2.45, 2.75) is 47.5 Å². The number of ether oxygens (including phenoxy) is 2. The molecule has 3 aromatic carbocycles. The molecule has 5 rings (SSSR count). The van der Waals surface area contributed by atoms with Gasteiger partial charge in [0.1, 0.15) is 0 Å². The molecule has 1 aromatic heterocycles. The Kier molecular flexibility index (Phi) is 10.6. The van der Waals surface area contributed by atoms with Crippen molar-refractivity contribution < 1.29 is 19.4 Å². The molecule has 0 saturated carbocycles. The number of thioether (sulfide) groups is 1. The molecule has 2 N–H and O–H groups in total. The zero-order chi connectivity index (χ0) is 30.4. The summed E-state index contributed by atoms with van der Waals surface area (Å²) < 4.78 is 11.1. The molecule has 2 heterocycles. The van der Waals surface area contributed by atoms with E-state index >= 15 is 0 Å². The molecular formula is C32H30Cl3N3O4S. The van der Waals surface area contributed by atoms with E-state index in [9.17, 15) is 9.90 Å². The van der Waals surface area contributed by atoms with Crippen LogP contribution in [0.5, 0.6) is 0 Å². The lowest BCUT2D eigenvalue weighted by Crippen LogP contribution is -2.38. The first-order valence-corrected chi connectivity index (χ1v) is 15.8. The van der Waals surface area contributed by atoms with Crippen molar-refractivity contribution in [1.82, 2.24) is 15.3 Å². The van der Waals surface area contributed by atoms with E-state index in [1.54, 1.807) is 30.2 Å². The number of aliphatic hydroxyl groups excluding tert-OH is 1. The van der Waals surface area contributed by atoms with E-state index in [2.05, 4.69) is 22.2 Å². The standard InChI is InChI=1S/C32H30Cl3N3O4S/c1-20-27(19-43-31-36-15-4-16-37-31)41-29(42-28(20)23-9-7-21(18-39)8-10-23)24-13-11-22(12-14-24)26-6-3-2-5-25(26)17-38-30(40)32(33,34)35/h2-16,20,27-29,39H,17-19H2,1H3,(H,38,40). The normalized spacial score (nSPS) is 20.5. The number of carbonyl (C=O) groups is 1. The topological polar surface area (TPSA) is 93.6 Å². The number of benzene rings is 3. The third-order valence-corrected chi connectivity index (χ3v) is 8.73. The fourth-order valence-corrected chi connectivity index (χ4v) is 6.04. The van der Waals surface area contributed by atoms with Crippen LogP contribution >= 0.6 is 46.6 Å². The maximum Gasteiger partial charge on any atom is 0.272 e. The second-order valence-corrected chi connectivity index (χ2v) is 13.4. The Morgan fingerprint density at radius 1 is 0.930 bits per heavy atom. The number of hydrogen-bond acceptors (Lipinski definition) is 7. The zero-order valence-corrected chi connectivity index (χ0v) is 26.3. The van der Waals surface area contributed by atoms with Gasteiger partial charge in [0.05, 0.1) is 18.8 Å². The molecule has 1 saturated heterocycles. The van der Waals surface area contributed by atoms with Gasteiger partial charge >= 0.3 is 0 Å². The van der Waals surface area contributed by atoms with Crippen LogP contribution in [0.25, 0.3) is 11.1 Å². The Hall–Kier alpha value is -2.69. The number of carbonyl (C=O) groups excluding carboxylic acids is 1. The fraction of sp³-hybridized carbons (Fsp3) is 0.281. The highest BCUT2D eigenvalue weighted by atomic mass is 35.6. The number of aromatic nitrogens is 2. The maximum absolute atomic E-state index is 12.1. The number of halogens is 3. The summed E-state index contributed by atoms with van der Waals surface area (Å²) in [6.07, 6.45) is 2.49. The van der Waals surface area contributed by atoms with Crippen molar-refractivity contribution in [2.75, 3.05) is 5.75 Å². The highest BCUT2D eigenvalue weighted by Gasteiger charge is 2.38. The van der Waals surface area contributed by atoms with Gasteiger partial charge in [0.15, 0.2) is 11.4 Å². The van der Waals surface area contributed by atoms with Gasteiger partial charge in [-0.1, -0.05) is 126 Å². The summed E-state index contributed by atoms with van der Waals surface area (Å²) in [6.45, 7) is 2.32. The molecule has 43 heavy (non-hydrogen) atoms. The van der Waals surface area contributed by atoms with Gasteiger partial charge in [-0.05, 0) is 33.9 Å². The summed E-state index contributed by atoms with van der Waals surface area (Å²) in [4.78, 5) is 20.8. The lowest BCUT2D eigenvalue weighted by molar-refractivity contribution is -0.268. The number of amides is 1. The van der Waals surface area contributed by atoms with Gasteiger partial charge in [-0.2, -0.15) is 0 Å². The summed E-state index contributed by atoms with van der Waals surface area (Å²) in [5.41, 5.74) is 5.51. The van der Waals surface area contributed by atoms with Crippen LogP contribution in [0.2, 0.25) is 0 Å². The van der Waals surface area contributed by atoms with E-state index in [4.69, 9.17) is 44.3 Å². The molecule has 0 aliphatic carbocycles. The number of nitrogens with one attached hydrogen (secondary N) is 1. The predicted molar refractivity (Wildman–Crippen MR) is 170 cm³/mol. The lowest BCUT2D eigenvalue weighted by atomic mass is 9.91. The fourth-order valence-electron chi connectivity index (χ4n) is 4.88. The Labute approximate surface area is 269 Å². The summed E-state index contributed by atoms with van der Waals surface area (Å²) in [6, 6.07) is 25.3. The molecule has 4 atom stereocenters. The van der Waals surface area contributed by atoms with E-state index in [0.29, 0.717) is 10.9 Å². The lowest BCUT2D eigenvalue weighted by Gasteiger charge is -2.41. The number of alkyl halides is 3. The van der Waals surface area contributed by atoms with E-state index in [-0.39, 0.29) is 31.3 Å². The quantitative estimate of drug-likeness (QED) is 0.112. The first-order chi connectivity index (χ1) is 20.7. The van der Waals surface area contributed by atoms with E-state index in [0.717, 1.165) is 33.4 Å². The van der Waals surface area contributed by atoms with Gasteiger partial charge in [0.2, 0.25) is 0 Å². The summed E-state index contributed by atoms with van der Waals surface area (Å²) >= 11 is 18.7. The summed E-state index contributed by atoms with van der Waals surface area (Å²) in [5.74, 6) is 0.0128. The number of nitrogens with zero attached hydrogens (tertiary/aromatic N) is 2. The third kappa shape index (κ3) is 8.08. The highest BCUT2D eigenvalue weighted by Crippen LogP contribution is 2.43. The second-order valence-electron chi connectivity index (χ2n) is 10.1. The van der Waals surface area contributed by atoms with Crippen LogP contribution in [0.1, 0.15) is 41.6 Å². The van der Waals surface area contributed by atoms with E-state index in [1.807, 2.05) is 72.8 Å². The Balaban J connectivity index is 1.37. The van der Waals surface area contributed by atoms with Gasteiger partial charge < -0.3 is 19.9 Å². The number of aliphatic hydroxyl groups is 1. The summed E-state index contributed by atoms with van der Waals surface area (Å²) in [5, 5.41) is 12.9. The van der Waals surface area contributed by atoms with Crippen molar-refractivity contribution in [2.24, 2.45) is 5.92 Å². The van der Waals surface area contributed by atoms with Crippen LogP contribution in [0.4, 0.5) is 0 Å². The molecule has 1 amide bonds. The monoisotopic (exact) mass is 657 g/mol. The van der Waals surface area contributed by atoms with Gasteiger partial charge in [0, 0.05) is 36.2 Å². The molecule has 0 spiro atoms. The minimum atomic E-state index is -2.03. The van der Waals surface area contributed by atoms with Crippen LogP contribution in [-0.2, 0) is 27.4 Å².